The van der Waals surface area contributed by atoms with Gasteiger partial charge < -0.3 is 20.9 Å². The molecular formula is C16H13FN2O5. The van der Waals surface area contributed by atoms with Crippen molar-refractivity contribution in [2.45, 2.75) is 0 Å². The molecule has 8 heteroatoms. The van der Waals surface area contributed by atoms with E-state index in [2.05, 4.69) is 5.32 Å². The molecule has 2 rings (SSSR count). The number of hydrogen-bond acceptors (Lipinski definition) is 4. The second kappa shape index (κ2) is 7.23. The Morgan fingerprint density at radius 1 is 1.17 bits per heavy atom. The topological polar surface area (TPSA) is 119 Å². The molecule has 24 heavy (non-hydrogen) atoms. The molecule has 7 nitrogen and oxygen atoms in total. The van der Waals surface area contributed by atoms with Crippen molar-refractivity contribution in [3.63, 3.8) is 0 Å². The monoisotopic (exact) mass is 332 g/mol. The second-order valence-electron chi connectivity index (χ2n) is 4.74. The molecule has 0 saturated heterocycles. The Balaban J connectivity index is 2.13. The Morgan fingerprint density at radius 2 is 1.92 bits per heavy atom. The lowest BCUT2D eigenvalue weighted by Crippen LogP contribution is -2.20. The number of halogens is 1. The van der Waals surface area contributed by atoms with E-state index >= 15 is 0 Å². The summed E-state index contributed by atoms with van der Waals surface area (Å²) in [6, 6.07) is 9.08. The molecule has 0 heterocycles. The van der Waals surface area contributed by atoms with Crippen LogP contribution < -0.4 is 15.8 Å². The summed E-state index contributed by atoms with van der Waals surface area (Å²) in [6.45, 7) is -0.317. The molecule has 4 N–H and O–H groups in total. The van der Waals surface area contributed by atoms with Crippen molar-refractivity contribution in [2.75, 3.05) is 11.9 Å². The lowest BCUT2D eigenvalue weighted by atomic mass is 10.1. The molecular weight excluding hydrogens is 319 g/mol. The zero-order chi connectivity index (χ0) is 17.7. The van der Waals surface area contributed by atoms with Gasteiger partial charge >= 0.3 is 5.97 Å². The fraction of sp³-hybridized carbons (Fsp3) is 0.0625. The molecule has 2 aromatic carbocycles. The third-order valence-electron chi connectivity index (χ3n) is 2.93. The molecule has 0 radical (unpaired) electrons. The van der Waals surface area contributed by atoms with Gasteiger partial charge in [-0.2, -0.15) is 0 Å². The number of benzene rings is 2. The molecule has 0 spiro atoms. The Hall–Kier alpha value is -3.42. The molecule has 0 atom stereocenters. The van der Waals surface area contributed by atoms with E-state index in [0.29, 0.717) is 11.4 Å². The van der Waals surface area contributed by atoms with Crippen molar-refractivity contribution >= 4 is 23.5 Å². The number of carboxylic acid groups (broad SMARTS) is 1. The van der Waals surface area contributed by atoms with E-state index in [9.17, 15) is 18.8 Å². The number of carbonyl (C=O) groups is 3. The quantitative estimate of drug-likeness (QED) is 0.743. The largest absolute Gasteiger partial charge is 0.484 e. The van der Waals surface area contributed by atoms with E-state index in [0.717, 1.165) is 18.2 Å². The molecule has 0 aliphatic heterocycles. The van der Waals surface area contributed by atoms with Gasteiger partial charge in [-0.05, 0) is 30.3 Å². The van der Waals surface area contributed by atoms with Crippen molar-refractivity contribution in [3.8, 4) is 5.75 Å². The molecule has 2 aromatic rings. The molecule has 0 saturated carbocycles. The Labute approximate surface area is 135 Å². The van der Waals surface area contributed by atoms with E-state index in [1.165, 1.54) is 6.07 Å². The van der Waals surface area contributed by atoms with Crippen LogP contribution >= 0.6 is 0 Å². The highest BCUT2D eigenvalue weighted by atomic mass is 19.1. The van der Waals surface area contributed by atoms with Crippen LogP contribution in [-0.2, 0) is 4.79 Å². The molecule has 2 amide bonds. The number of anilines is 1. The highest BCUT2D eigenvalue weighted by Crippen LogP contribution is 2.19. The first-order valence-corrected chi connectivity index (χ1v) is 6.72. The average molecular weight is 332 g/mol. The summed E-state index contributed by atoms with van der Waals surface area (Å²) in [6.07, 6.45) is 0. The SMILES string of the molecule is NC(=O)COc1cccc(NC(=O)c2ccc(C(=O)O)cc2F)c1. The Kier molecular flexibility index (Phi) is 5.10. The number of primary amides is 1. The van der Waals surface area contributed by atoms with Gasteiger partial charge in [0.15, 0.2) is 6.61 Å². The maximum Gasteiger partial charge on any atom is 0.335 e. The van der Waals surface area contributed by atoms with Crippen molar-refractivity contribution in [1.29, 1.82) is 0 Å². The lowest BCUT2D eigenvalue weighted by Gasteiger charge is -2.09. The minimum atomic E-state index is -1.29. The number of carbonyl (C=O) groups excluding carboxylic acids is 2. The van der Waals surface area contributed by atoms with Gasteiger partial charge in [-0.15, -0.1) is 0 Å². The molecule has 0 fully saturated rings. The number of nitrogens with two attached hydrogens (primary N) is 1. The van der Waals surface area contributed by atoms with Crippen molar-refractivity contribution in [3.05, 3.63) is 59.4 Å². The van der Waals surface area contributed by atoms with Gasteiger partial charge in [0, 0.05) is 11.8 Å². The van der Waals surface area contributed by atoms with Gasteiger partial charge in [0.05, 0.1) is 11.1 Å². The first-order valence-electron chi connectivity index (χ1n) is 6.72. The highest BCUT2D eigenvalue weighted by Gasteiger charge is 2.15. The van der Waals surface area contributed by atoms with Crippen LogP contribution in [0.2, 0.25) is 0 Å². The first-order chi connectivity index (χ1) is 11.4. The van der Waals surface area contributed by atoms with Crippen LogP contribution in [0.4, 0.5) is 10.1 Å². The van der Waals surface area contributed by atoms with Gasteiger partial charge in [-0.3, -0.25) is 9.59 Å². The van der Waals surface area contributed by atoms with E-state index in [1.54, 1.807) is 18.2 Å². The Morgan fingerprint density at radius 3 is 2.54 bits per heavy atom. The van der Waals surface area contributed by atoms with Gasteiger partial charge in [0.2, 0.25) is 0 Å². The van der Waals surface area contributed by atoms with Crippen LogP contribution in [-0.4, -0.2) is 29.5 Å². The van der Waals surface area contributed by atoms with Crippen molar-refractivity contribution in [2.24, 2.45) is 5.73 Å². The molecule has 0 aliphatic carbocycles. The number of hydrogen-bond donors (Lipinski definition) is 3. The normalized spacial score (nSPS) is 10.0. The predicted octanol–water partition coefficient (Wildman–Crippen LogP) is 1.64. The lowest BCUT2D eigenvalue weighted by molar-refractivity contribution is -0.119. The van der Waals surface area contributed by atoms with Crippen LogP contribution in [0, 0.1) is 5.82 Å². The summed E-state index contributed by atoms with van der Waals surface area (Å²) in [5.74, 6) is -3.34. The van der Waals surface area contributed by atoms with Crippen LogP contribution in [0.15, 0.2) is 42.5 Å². The molecule has 0 bridgehead atoms. The van der Waals surface area contributed by atoms with E-state index in [-0.39, 0.29) is 17.7 Å². The summed E-state index contributed by atoms with van der Waals surface area (Å²) < 4.78 is 18.9. The van der Waals surface area contributed by atoms with Crippen LogP contribution in [0.5, 0.6) is 5.75 Å². The van der Waals surface area contributed by atoms with Gasteiger partial charge in [0.25, 0.3) is 11.8 Å². The number of carboxylic acids is 1. The second-order valence-corrected chi connectivity index (χ2v) is 4.74. The standard InChI is InChI=1S/C16H13FN2O5/c17-13-6-9(16(22)23)4-5-12(13)15(21)19-10-2-1-3-11(7-10)24-8-14(18)20/h1-7H,8H2,(H2,18,20)(H,19,21)(H,22,23). The molecule has 124 valence electrons. The fourth-order valence-electron chi connectivity index (χ4n) is 1.85. The van der Waals surface area contributed by atoms with Gasteiger partial charge in [0.1, 0.15) is 11.6 Å². The number of aromatic carboxylic acids is 1. The summed E-state index contributed by atoms with van der Waals surface area (Å²) in [5.41, 5.74) is 4.72. The minimum absolute atomic E-state index is 0.258. The molecule has 0 aromatic heterocycles. The van der Waals surface area contributed by atoms with Gasteiger partial charge in [-0.25, -0.2) is 9.18 Å². The van der Waals surface area contributed by atoms with Gasteiger partial charge in [-0.1, -0.05) is 6.07 Å². The van der Waals surface area contributed by atoms with Crippen molar-refractivity contribution < 1.29 is 28.6 Å². The average Bonchev–Trinajstić information content (AvgIpc) is 2.53. The summed E-state index contributed by atoms with van der Waals surface area (Å²) in [5, 5.41) is 11.2. The van der Waals surface area contributed by atoms with E-state index in [1.807, 2.05) is 0 Å². The van der Waals surface area contributed by atoms with E-state index < -0.39 is 23.6 Å². The highest BCUT2D eigenvalue weighted by molar-refractivity contribution is 6.05. The molecule has 0 aliphatic rings. The molecule has 0 unspecified atom stereocenters. The number of amides is 2. The van der Waals surface area contributed by atoms with Crippen LogP contribution in [0.25, 0.3) is 0 Å². The number of nitrogens with one attached hydrogen (secondary N) is 1. The third kappa shape index (κ3) is 4.29. The summed E-state index contributed by atoms with van der Waals surface area (Å²) in [4.78, 5) is 33.5. The first kappa shape index (κ1) is 16.9. The number of rotatable bonds is 6. The summed E-state index contributed by atoms with van der Waals surface area (Å²) in [7, 11) is 0. The third-order valence-corrected chi connectivity index (χ3v) is 2.93. The minimum Gasteiger partial charge on any atom is -0.484 e. The Bertz CT molecular complexity index is 807. The van der Waals surface area contributed by atoms with Crippen molar-refractivity contribution in [1.82, 2.24) is 0 Å². The van der Waals surface area contributed by atoms with Crippen LogP contribution in [0.1, 0.15) is 20.7 Å². The maximum atomic E-state index is 13.9. The fourth-order valence-corrected chi connectivity index (χ4v) is 1.85. The zero-order valence-corrected chi connectivity index (χ0v) is 12.3. The van der Waals surface area contributed by atoms with E-state index in [4.69, 9.17) is 15.6 Å². The number of ether oxygens (including phenoxy) is 1. The maximum absolute atomic E-state index is 13.9. The predicted molar refractivity (Wildman–Crippen MR) is 82.4 cm³/mol. The van der Waals surface area contributed by atoms with Crippen LogP contribution in [0.3, 0.4) is 0 Å². The smallest absolute Gasteiger partial charge is 0.335 e. The summed E-state index contributed by atoms with van der Waals surface area (Å²) >= 11 is 0. The zero-order valence-electron chi connectivity index (χ0n) is 12.3.